The second-order valence-electron chi connectivity index (χ2n) is 7.95. The van der Waals surface area contributed by atoms with E-state index in [0.717, 1.165) is 20.6 Å². The van der Waals surface area contributed by atoms with Gasteiger partial charge in [-0.2, -0.15) is 0 Å². The lowest BCUT2D eigenvalue weighted by Crippen LogP contribution is -2.43. The first-order chi connectivity index (χ1) is 16.6. The fourth-order valence-electron chi connectivity index (χ4n) is 3.46. The minimum absolute atomic E-state index is 0.0723. The van der Waals surface area contributed by atoms with Crippen LogP contribution in [0.4, 0.5) is 5.69 Å². The first-order valence-corrected chi connectivity index (χ1v) is 11.5. The van der Waals surface area contributed by atoms with Crippen molar-refractivity contribution in [2.45, 2.75) is 20.3 Å². The average Bonchev–Trinajstić information content (AvgIpc) is 3.22. The number of rotatable bonds is 8. The number of benzene rings is 2. The van der Waals surface area contributed by atoms with Crippen molar-refractivity contribution in [1.29, 1.82) is 0 Å². The van der Waals surface area contributed by atoms with Crippen LogP contribution in [0.1, 0.15) is 27.9 Å². The van der Waals surface area contributed by atoms with E-state index in [1.807, 2.05) is 19.9 Å². The van der Waals surface area contributed by atoms with Crippen LogP contribution in [0.15, 0.2) is 34.8 Å². The quantitative estimate of drug-likeness (QED) is 0.487. The molecule has 0 aliphatic carbocycles. The highest BCUT2D eigenvalue weighted by atomic mass is 79.9. The summed E-state index contributed by atoms with van der Waals surface area (Å²) in [6.07, 6.45) is -0.146. The maximum absolute atomic E-state index is 12.6. The highest BCUT2D eigenvalue weighted by Crippen LogP contribution is 2.26. The predicted octanol–water partition coefficient (Wildman–Crippen LogP) is 2.76. The van der Waals surface area contributed by atoms with Gasteiger partial charge in [0.2, 0.25) is 5.91 Å². The molecule has 35 heavy (non-hydrogen) atoms. The molecule has 3 rings (SSSR count). The van der Waals surface area contributed by atoms with E-state index in [2.05, 4.69) is 26.7 Å². The SMILES string of the molecule is COc1cc(OC)cc(C(=O)NN2C[C@@H](C(=O)OCC(=O)Nc3ccc(Br)c(C)c3C)CC2=O)c1. The molecule has 10 nitrogen and oxygen atoms in total. The van der Waals surface area contributed by atoms with Gasteiger partial charge in [-0.25, -0.2) is 0 Å². The van der Waals surface area contributed by atoms with E-state index in [4.69, 9.17) is 14.2 Å². The molecule has 3 amide bonds. The average molecular weight is 548 g/mol. The van der Waals surface area contributed by atoms with Crippen LogP contribution in [0.25, 0.3) is 0 Å². The Morgan fingerprint density at radius 1 is 1.06 bits per heavy atom. The number of halogens is 1. The van der Waals surface area contributed by atoms with Gasteiger partial charge in [-0.05, 0) is 49.2 Å². The minimum Gasteiger partial charge on any atom is -0.497 e. The summed E-state index contributed by atoms with van der Waals surface area (Å²) in [5, 5.41) is 3.78. The molecule has 1 aliphatic heterocycles. The van der Waals surface area contributed by atoms with Crippen LogP contribution in [0, 0.1) is 19.8 Å². The van der Waals surface area contributed by atoms with E-state index in [0.29, 0.717) is 17.2 Å². The molecule has 0 radical (unpaired) electrons. The van der Waals surface area contributed by atoms with Crippen LogP contribution in [0.3, 0.4) is 0 Å². The molecule has 0 bridgehead atoms. The topological polar surface area (TPSA) is 123 Å². The van der Waals surface area contributed by atoms with Gasteiger partial charge in [0.15, 0.2) is 6.61 Å². The van der Waals surface area contributed by atoms with Crippen molar-refractivity contribution in [1.82, 2.24) is 10.4 Å². The standard InChI is InChI=1S/C24H26BrN3O7/c1-13-14(2)20(6-5-19(13)25)26-21(29)12-35-24(32)16-9-22(30)28(11-16)27-23(31)15-7-17(33-3)10-18(8-15)34-4/h5-8,10,16H,9,11-12H2,1-4H3,(H,26,29)(H,27,31)/t16-/m0/s1. The Hall–Kier alpha value is -3.60. The van der Waals surface area contributed by atoms with E-state index in [1.165, 1.54) is 26.4 Å². The number of methoxy groups -OCH3 is 2. The Morgan fingerprint density at radius 3 is 2.34 bits per heavy atom. The molecular weight excluding hydrogens is 522 g/mol. The van der Waals surface area contributed by atoms with Gasteiger partial charge >= 0.3 is 5.97 Å². The molecule has 1 saturated heterocycles. The second kappa shape index (κ2) is 11.2. The molecular formula is C24H26BrN3O7. The van der Waals surface area contributed by atoms with Gasteiger partial charge in [0.1, 0.15) is 11.5 Å². The summed E-state index contributed by atoms with van der Waals surface area (Å²) in [7, 11) is 2.91. The van der Waals surface area contributed by atoms with Crippen LogP contribution >= 0.6 is 15.9 Å². The fraction of sp³-hybridized carbons (Fsp3) is 0.333. The summed E-state index contributed by atoms with van der Waals surface area (Å²) in [6, 6.07) is 8.17. The minimum atomic E-state index is -0.813. The molecule has 0 aromatic heterocycles. The molecule has 2 aromatic rings. The van der Waals surface area contributed by atoms with Gasteiger partial charge in [0.25, 0.3) is 11.8 Å². The van der Waals surface area contributed by atoms with E-state index >= 15 is 0 Å². The summed E-state index contributed by atoms with van der Waals surface area (Å²) in [6.45, 7) is 3.23. The monoisotopic (exact) mass is 547 g/mol. The molecule has 11 heteroatoms. The van der Waals surface area contributed by atoms with E-state index in [1.54, 1.807) is 12.1 Å². The van der Waals surface area contributed by atoms with Gasteiger partial charge in [-0.1, -0.05) is 15.9 Å². The lowest BCUT2D eigenvalue weighted by Gasteiger charge is -2.18. The van der Waals surface area contributed by atoms with Crippen LogP contribution in [0.5, 0.6) is 11.5 Å². The maximum Gasteiger partial charge on any atom is 0.311 e. The third kappa shape index (κ3) is 6.30. The summed E-state index contributed by atoms with van der Waals surface area (Å²) in [5.41, 5.74) is 5.20. The largest absolute Gasteiger partial charge is 0.497 e. The molecule has 2 aromatic carbocycles. The smallest absolute Gasteiger partial charge is 0.311 e. The van der Waals surface area contributed by atoms with Crippen molar-refractivity contribution in [3.8, 4) is 11.5 Å². The lowest BCUT2D eigenvalue weighted by molar-refractivity contribution is -0.151. The zero-order chi connectivity index (χ0) is 25.7. The molecule has 0 unspecified atom stereocenters. The van der Waals surface area contributed by atoms with Gasteiger partial charge < -0.3 is 19.5 Å². The highest BCUT2D eigenvalue weighted by Gasteiger charge is 2.37. The van der Waals surface area contributed by atoms with Crippen LogP contribution < -0.4 is 20.2 Å². The number of hydrogen-bond donors (Lipinski definition) is 2. The molecule has 1 fully saturated rings. The normalized spacial score (nSPS) is 14.9. The lowest BCUT2D eigenvalue weighted by atomic mass is 10.1. The molecule has 2 N–H and O–H groups in total. The van der Waals surface area contributed by atoms with Crippen molar-refractivity contribution < 1.29 is 33.4 Å². The third-order valence-corrected chi connectivity index (χ3v) is 6.51. The molecule has 1 atom stereocenters. The number of ether oxygens (including phenoxy) is 3. The summed E-state index contributed by atoms with van der Waals surface area (Å²) >= 11 is 3.43. The van der Waals surface area contributed by atoms with Gasteiger partial charge in [0.05, 0.1) is 26.7 Å². The third-order valence-electron chi connectivity index (χ3n) is 5.65. The summed E-state index contributed by atoms with van der Waals surface area (Å²) in [5.74, 6) is -2.19. The number of carbonyl (C=O) groups is 4. The van der Waals surface area contributed by atoms with Crippen molar-refractivity contribution in [3.05, 3.63) is 51.5 Å². The Kier molecular flexibility index (Phi) is 8.34. The predicted molar refractivity (Wildman–Crippen MR) is 130 cm³/mol. The van der Waals surface area contributed by atoms with Crippen LogP contribution in [-0.4, -0.2) is 56.1 Å². The van der Waals surface area contributed by atoms with Crippen LogP contribution in [-0.2, 0) is 19.1 Å². The Bertz CT molecular complexity index is 1150. The van der Waals surface area contributed by atoms with E-state index in [-0.39, 0.29) is 18.5 Å². The van der Waals surface area contributed by atoms with Crippen molar-refractivity contribution in [2.75, 3.05) is 32.7 Å². The zero-order valence-electron chi connectivity index (χ0n) is 19.8. The number of carbonyl (C=O) groups excluding carboxylic acids is 4. The number of nitrogens with one attached hydrogen (secondary N) is 2. The van der Waals surface area contributed by atoms with Gasteiger partial charge in [-0.3, -0.25) is 29.6 Å². The molecule has 186 valence electrons. The summed E-state index contributed by atoms with van der Waals surface area (Å²) < 4.78 is 16.3. The van der Waals surface area contributed by atoms with Gasteiger partial charge in [0, 0.05) is 28.2 Å². The van der Waals surface area contributed by atoms with E-state index < -0.39 is 36.2 Å². The zero-order valence-corrected chi connectivity index (χ0v) is 21.4. The molecule has 1 aliphatic rings. The van der Waals surface area contributed by atoms with E-state index in [9.17, 15) is 19.2 Å². The molecule has 0 spiro atoms. The second-order valence-corrected chi connectivity index (χ2v) is 8.80. The number of hydrazine groups is 1. The Labute approximate surface area is 211 Å². The number of esters is 1. The van der Waals surface area contributed by atoms with Crippen molar-refractivity contribution in [3.63, 3.8) is 0 Å². The fourth-order valence-corrected chi connectivity index (χ4v) is 3.89. The number of amides is 3. The maximum atomic E-state index is 12.6. The molecule has 0 saturated carbocycles. The van der Waals surface area contributed by atoms with Crippen molar-refractivity contribution in [2.24, 2.45) is 5.92 Å². The Morgan fingerprint density at radius 2 is 1.71 bits per heavy atom. The molecule has 1 heterocycles. The number of nitrogens with zero attached hydrogens (tertiary/aromatic N) is 1. The van der Waals surface area contributed by atoms with Gasteiger partial charge in [-0.15, -0.1) is 0 Å². The number of hydrogen-bond acceptors (Lipinski definition) is 7. The van der Waals surface area contributed by atoms with Crippen molar-refractivity contribution >= 4 is 45.3 Å². The Balaban J connectivity index is 1.54. The first kappa shape index (κ1) is 26.0. The number of anilines is 1. The first-order valence-electron chi connectivity index (χ1n) is 10.7. The summed E-state index contributed by atoms with van der Waals surface area (Å²) in [4.78, 5) is 49.7. The van der Waals surface area contributed by atoms with Crippen LogP contribution in [0.2, 0.25) is 0 Å². The highest BCUT2D eigenvalue weighted by molar-refractivity contribution is 9.10.